The molecule has 0 spiro atoms. The average molecular weight is 412 g/mol. The van der Waals surface area contributed by atoms with Crippen molar-refractivity contribution in [3.63, 3.8) is 0 Å². The number of aryl methyl sites for hydroxylation is 1. The van der Waals surface area contributed by atoms with Crippen LogP contribution in [0.1, 0.15) is 43.0 Å². The first-order chi connectivity index (χ1) is 13.0. The molecular formula is C20H27ClFN3O3. The highest BCUT2D eigenvalue weighted by Crippen LogP contribution is 2.26. The molecular weight excluding hydrogens is 385 g/mol. The van der Waals surface area contributed by atoms with E-state index in [0.29, 0.717) is 30.8 Å². The fraction of sp³-hybridized carbons (Fsp3) is 0.500. The van der Waals surface area contributed by atoms with Crippen LogP contribution in [0.25, 0.3) is 10.9 Å². The molecule has 6 nitrogen and oxygen atoms in total. The van der Waals surface area contributed by atoms with Crippen molar-refractivity contribution in [2.45, 2.75) is 39.2 Å². The number of unbranched alkanes of at least 4 members (excludes halogenated alkanes) is 3. The molecule has 0 atom stereocenters. The van der Waals surface area contributed by atoms with E-state index in [-0.39, 0.29) is 23.4 Å². The lowest BCUT2D eigenvalue weighted by atomic mass is 10.1. The number of halogens is 2. The van der Waals surface area contributed by atoms with Crippen molar-refractivity contribution < 1.29 is 14.3 Å². The Labute approximate surface area is 169 Å². The number of pyridine rings is 1. The number of rotatable bonds is 7. The molecule has 2 aromatic rings. The van der Waals surface area contributed by atoms with Gasteiger partial charge in [0, 0.05) is 44.3 Å². The van der Waals surface area contributed by atoms with Crippen LogP contribution in [0.2, 0.25) is 0 Å². The van der Waals surface area contributed by atoms with Crippen LogP contribution in [0.3, 0.4) is 0 Å². The second kappa shape index (κ2) is 9.89. The van der Waals surface area contributed by atoms with Gasteiger partial charge in [-0.15, -0.1) is 12.4 Å². The number of benzene rings is 1. The van der Waals surface area contributed by atoms with Gasteiger partial charge in [-0.3, -0.25) is 4.79 Å². The predicted molar refractivity (Wildman–Crippen MR) is 112 cm³/mol. The maximum absolute atomic E-state index is 14.7. The Morgan fingerprint density at radius 3 is 2.57 bits per heavy atom. The summed E-state index contributed by atoms with van der Waals surface area (Å²) in [5.74, 6) is -1.77. The van der Waals surface area contributed by atoms with Crippen LogP contribution < -0.4 is 15.6 Å². The molecule has 0 radical (unpaired) electrons. The van der Waals surface area contributed by atoms with Gasteiger partial charge in [-0.25, -0.2) is 9.18 Å². The summed E-state index contributed by atoms with van der Waals surface area (Å²) in [7, 11) is 0. The number of piperazine rings is 1. The third kappa shape index (κ3) is 4.64. The molecule has 0 unspecified atom stereocenters. The van der Waals surface area contributed by atoms with Crippen molar-refractivity contribution in [3.05, 3.63) is 39.9 Å². The first kappa shape index (κ1) is 22.2. The van der Waals surface area contributed by atoms with E-state index in [1.165, 1.54) is 12.3 Å². The van der Waals surface area contributed by atoms with Gasteiger partial charge < -0.3 is 19.9 Å². The Kier molecular flexibility index (Phi) is 7.83. The summed E-state index contributed by atoms with van der Waals surface area (Å²) in [5, 5.41) is 12.7. The summed E-state index contributed by atoms with van der Waals surface area (Å²) in [6.45, 7) is 5.66. The molecule has 3 rings (SSSR count). The summed E-state index contributed by atoms with van der Waals surface area (Å²) >= 11 is 0. The number of hydrogen-bond donors (Lipinski definition) is 2. The van der Waals surface area contributed by atoms with Crippen molar-refractivity contribution in [2.75, 3.05) is 31.1 Å². The van der Waals surface area contributed by atoms with Crippen molar-refractivity contribution in [3.8, 4) is 0 Å². The zero-order valence-corrected chi connectivity index (χ0v) is 16.9. The largest absolute Gasteiger partial charge is 0.477 e. The number of carboxylic acids is 1. The number of carbonyl (C=O) groups is 1. The van der Waals surface area contributed by atoms with Gasteiger partial charge >= 0.3 is 5.97 Å². The lowest BCUT2D eigenvalue weighted by molar-refractivity contribution is 0.0695. The number of hydrogen-bond acceptors (Lipinski definition) is 4. The molecule has 1 fully saturated rings. The molecule has 0 aliphatic carbocycles. The van der Waals surface area contributed by atoms with E-state index in [1.807, 2.05) is 4.90 Å². The molecule has 1 saturated heterocycles. The first-order valence-corrected chi connectivity index (χ1v) is 9.58. The molecule has 154 valence electrons. The van der Waals surface area contributed by atoms with E-state index >= 15 is 0 Å². The second-order valence-electron chi connectivity index (χ2n) is 6.99. The number of nitrogens with zero attached hydrogens (tertiary/aromatic N) is 2. The summed E-state index contributed by atoms with van der Waals surface area (Å²) < 4.78 is 16.5. The predicted octanol–water partition coefficient (Wildman–Crippen LogP) is 3.25. The van der Waals surface area contributed by atoms with Crippen LogP contribution in [0.5, 0.6) is 0 Å². The van der Waals surface area contributed by atoms with Crippen LogP contribution in [0.15, 0.2) is 23.1 Å². The van der Waals surface area contributed by atoms with Gasteiger partial charge in [-0.2, -0.15) is 0 Å². The minimum absolute atomic E-state index is 0. The fourth-order valence-corrected chi connectivity index (χ4v) is 3.59. The monoisotopic (exact) mass is 411 g/mol. The number of carboxylic acid groups (broad SMARTS) is 1. The minimum Gasteiger partial charge on any atom is -0.477 e. The lowest BCUT2D eigenvalue weighted by Crippen LogP contribution is -2.43. The Morgan fingerprint density at radius 2 is 1.93 bits per heavy atom. The first-order valence-electron chi connectivity index (χ1n) is 9.58. The number of anilines is 1. The lowest BCUT2D eigenvalue weighted by Gasteiger charge is -2.30. The van der Waals surface area contributed by atoms with Crippen LogP contribution in [-0.4, -0.2) is 41.8 Å². The molecule has 8 heteroatoms. The Morgan fingerprint density at radius 1 is 1.21 bits per heavy atom. The zero-order chi connectivity index (χ0) is 19.4. The Balaban J connectivity index is 0.00000280. The number of aromatic nitrogens is 1. The van der Waals surface area contributed by atoms with Crippen LogP contribution in [-0.2, 0) is 6.54 Å². The van der Waals surface area contributed by atoms with Crippen LogP contribution in [0, 0.1) is 5.82 Å². The second-order valence-corrected chi connectivity index (χ2v) is 6.99. The number of nitrogens with one attached hydrogen (secondary N) is 1. The quantitative estimate of drug-likeness (QED) is 0.684. The van der Waals surface area contributed by atoms with Gasteiger partial charge in [-0.05, 0) is 18.6 Å². The SMILES string of the molecule is CCCCCCn1cc(C(=O)O)c(=O)c2cc(F)c(N3CCNCC3)cc21.Cl. The van der Waals surface area contributed by atoms with Gasteiger partial charge in [-0.1, -0.05) is 26.2 Å². The van der Waals surface area contributed by atoms with E-state index in [1.54, 1.807) is 10.6 Å². The molecule has 0 bridgehead atoms. The molecule has 2 N–H and O–H groups in total. The van der Waals surface area contributed by atoms with Gasteiger partial charge in [0.1, 0.15) is 11.4 Å². The van der Waals surface area contributed by atoms with E-state index in [9.17, 15) is 19.1 Å². The number of aromatic carboxylic acids is 1. The van der Waals surface area contributed by atoms with Crippen molar-refractivity contribution in [2.24, 2.45) is 0 Å². The highest BCUT2D eigenvalue weighted by atomic mass is 35.5. The zero-order valence-electron chi connectivity index (χ0n) is 16.0. The summed E-state index contributed by atoms with van der Waals surface area (Å²) in [6, 6.07) is 2.90. The Bertz CT molecular complexity index is 894. The van der Waals surface area contributed by atoms with Crippen LogP contribution in [0.4, 0.5) is 10.1 Å². The summed E-state index contributed by atoms with van der Waals surface area (Å²) in [4.78, 5) is 26.0. The minimum atomic E-state index is -1.28. The third-order valence-corrected chi connectivity index (χ3v) is 5.09. The molecule has 28 heavy (non-hydrogen) atoms. The highest BCUT2D eigenvalue weighted by Gasteiger charge is 2.20. The molecule has 1 aliphatic heterocycles. The van der Waals surface area contributed by atoms with Crippen LogP contribution >= 0.6 is 12.4 Å². The smallest absolute Gasteiger partial charge is 0.341 e. The van der Waals surface area contributed by atoms with E-state index in [2.05, 4.69) is 12.2 Å². The molecule has 2 heterocycles. The maximum atomic E-state index is 14.7. The Hall–Kier alpha value is -2.12. The maximum Gasteiger partial charge on any atom is 0.341 e. The van der Waals surface area contributed by atoms with Crippen molar-refractivity contribution in [1.29, 1.82) is 0 Å². The normalized spacial score (nSPS) is 14.1. The number of fused-ring (bicyclic) bond motifs is 1. The van der Waals surface area contributed by atoms with Crippen molar-refractivity contribution >= 4 is 35.0 Å². The molecule has 1 aromatic heterocycles. The van der Waals surface area contributed by atoms with Gasteiger partial charge in [0.25, 0.3) is 0 Å². The topological polar surface area (TPSA) is 74.6 Å². The van der Waals surface area contributed by atoms with E-state index in [0.717, 1.165) is 38.8 Å². The van der Waals surface area contributed by atoms with Gasteiger partial charge in [0.15, 0.2) is 0 Å². The van der Waals surface area contributed by atoms with Crippen molar-refractivity contribution in [1.82, 2.24) is 9.88 Å². The van der Waals surface area contributed by atoms with E-state index < -0.39 is 17.2 Å². The summed E-state index contributed by atoms with van der Waals surface area (Å²) in [5.41, 5.74) is 0.116. The standard InChI is InChI=1S/C20H26FN3O3.ClH/c1-2-3-4-5-8-24-13-15(20(26)27)19(25)14-11-16(21)18(12-17(14)24)23-9-6-22-7-10-23;/h11-13,22H,2-10H2,1H3,(H,26,27);1H. The molecule has 0 saturated carbocycles. The summed E-state index contributed by atoms with van der Waals surface area (Å²) in [6.07, 6.45) is 5.51. The fourth-order valence-electron chi connectivity index (χ4n) is 3.59. The average Bonchev–Trinajstić information content (AvgIpc) is 2.67. The van der Waals surface area contributed by atoms with Gasteiger partial charge in [0.05, 0.1) is 11.2 Å². The molecule has 1 aromatic carbocycles. The van der Waals surface area contributed by atoms with E-state index in [4.69, 9.17) is 0 Å². The highest BCUT2D eigenvalue weighted by molar-refractivity contribution is 5.93. The molecule has 0 amide bonds. The third-order valence-electron chi connectivity index (χ3n) is 5.09. The van der Waals surface area contributed by atoms with Gasteiger partial charge in [0.2, 0.25) is 5.43 Å². The molecule has 1 aliphatic rings.